The smallest absolute Gasteiger partial charge is 0.354 e. The van der Waals surface area contributed by atoms with Crippen LogP contribution in [-0.2, 0) is 18.0 Å². The Balaban J connectivity index is 1.54. The van der Waals surface area contributed by atoms with Gasteiger partial charge >= 0.3 is 5.56 Å². The molecule has 0 unspecified atom stereocenters. The molecular weight excluding hydrogens is 526 g/mol. The van der Waals surface area contributed by atoms with Crippen LogP contribution in [0.15, 0.2) is 101 Å². The average Bonchev–Trinajstić information content (AvgIpc) is 2.95. The van der Waals surface area contributed by atoms with Crippen LogP contribution in [0.25, 0.3) is 16.8 Å². The Kier molecular flexibility index (Phi) is 7.79. The lowest BCUT2D eigenvalue weighted by Gasteiger charge is -2.16. The number of halogens is 1. The molecule has 0 aliphatic heterocycles. The summed E-state index contributed by atoms with van der Waals surface area (Å²) in [6.07, 6.45) is 3.37. The zero-order valence-electron chi connectivity index (χ0n) is 22.5. The quantitative estimate of drug-likeness (QED) is 0.103. The van der Waals surface area contributed by atoms with Crippen LogP contribution in [0.4, 0.5) is 0 Å². The lowest BCUT2D eigenvalue weighted by molar-refractivity contribution is -0.671. The van der Waals surface area contributed by atoms with E-state index in [1.807, 2.05) is 86.6 Å². The number of nitrogens with zero attached hydrogens (tertiary/aromatic N) is 5. The van der Waals surface area contributed by atoms with E-state index < -0.39 is 0 Å². The summed E-state index contributed by atoms with van der Waals surface area (Å²) in [7, 11) is 3.77. The highest BCUT2D eigenvalue weighted by atomic mass is 35.5. The lowest BCUT2D eigenvalue weighted by atomic mass is 10.0. The third-order valence-electron chi connectivity index (χ3n) is 6.54. The Morgan fingerprint density at radius 2 is 1.77 bits per heavy atom. The molecule has 9 heteroatoms. The molecule has 2 aromatic carbocycles. The molecule has 0 atom stereocenters. The van der Waals surface area contributed by atoms with Gasteiger partial charge in [0.15, 0.2) is 11.4 Å². The molecule has 202 valence electrons. The van der Waals surface area contributed by atoms with Crippen LogP contribution < -0.4 is 10.1 Å². The summed E-state index contributed by atoms with van der Waals surface area (Å²) < 4.78 is 3.28. The van der Waals surface area contributed by atoms with Gasteiger partial charge in [-0.05, 0) is 36.2 Å². The standard InChI is InChI=1S/C31H28ClN5O3/c1-21-8-7-17-36-29(21)37(19-23-11-16-26(32)33-18-23)31(39)27(30(36)38)24-12-14-25(15-13-24)28(35(2)3)34-40-20-22-9-5-4-6-10-22/h4-18H,19-20H2,1-3H3/p+1. The van der Waals surface area contributed by atoms with Gasteiger partial charge in [0.25, 0.3) is 11.5 Å². The van der Waals surface area contributed by atoms with Gasteiger partial charge in [0.05, 0.1) is 6.20 Å². The maximum Gasteiger partial charge on any atom is 0.354 e. The van der Waals surface area contributed by atoms with E-state index in [0.29, 0.717) is 35.4 Å². The fraction of sp³-hybridized carbons (Fsp3) is 0.161. The predicted molar refractivity (Wildman–Crippen MR) is 156 cm³/mol. The SMILES string of the molecule is Cc1cccn2c(=O)c(-c3ccc(/C(=N/OCc4ccccc4)N(C)C)cc3)c(O)[n+](Cc3ccc(Cl)nc3)c12. The van der Waals surface area contributed by atoms with Gasteiger partial charge in [-0.1, -0.05) is 77.4 Å². The van der Waals surface area contributed by atoms with Crippen molar-refractivity contribution in [3.05, 3.63) is 129 Å². The monoisotopic (exact) mass is 554 g/mol. The number of pyridine rings is 2. The zero-order valence-corrected chi connectivity index (χ0v) is 23.2. The Bertz CT molecular complexity index is 1730. The van der Waals surface area contributed by atoms with Gasteiger partial charge in [0, 0.05) is 37.0 Å². The molecular formula is C31H29ClN5O3+. The third-order valence-corrected chi connectivity index (χ3v) is 6.76. The van der Waals surface area contributed by atoms with E-state index in [0.717, 1.165) is 22.3 Å². The first-order chi connectivity index (χ1) is 19.3. The first-order valence-corrected chi connectivity index (χ1v) is 13.1. The largest absolute Gasteiger partial charge is 0.477 e. The Hall–Kier alpha value is -4.69. The molecule has 0 aliphatic carbocycles. The summed E-state index contributed by atoms with van der Waals surface area (Å²) in [5, 5.41) is 16.2. The molecule has 8 nitrogen and oxygen atoms in total. The molecule has 0 fully saturated rings. The van der Waals surface area contributed by atoms with Crippen molar-refractivity contribution in [3.8, 4) is 17.0 Å². The number of oxime groups is 1. The van der Waals surface area contributed by atoms with Gasteiger partial charge in [-0.2, -0.15) is 8.97 Å². The van der Waals surface area contributed by atoms with E-state index in [-0.39, 0.29) is 17.0 Å². The molecule has 3 aromatic heterocycles. The summed E-state index contributed by atoms with van der Waals surface area (Å²) in [6.45, 7) is 2.55. The average molecular weight is 555 g/mol. The second kappa shape index (κ2) is 11.6. The minimum atomic E-state index is -0.317. The van der Waals surface area contributed by atoms with Crippen molar-refractivity contribution in [1.82, 2.24) is 14.3 Å². The van der Waals surface area contributed by atoms with Crippen LogP contribution >= 0.6 is 11.6 Å². The van der Waals surface area contributed by atoms with Gasteiger partial charge in [0.2, 0.25) is 0 Å². The molecule has 0 spiro atoms. The maximum absolute atomic E-state index is 13.7. The number of benzene rings is 2. The normalized spacial score (nSPS) is 11.6. The highest BCUT2D eigenvalue weighted by Crippen LogP contribution is 2.25. The number of rotatable bonds is 7. The van der Waals surface area contributed by atoms with Crippen LogP contribution in [-0.4, -0.2) is 39.3 Å². The maximum atomic E-state index is 13.7. The molecule has 3 heterocycles. The van der Waals surface area contributed by atoms with Gasteiger partial charge in [-0.25, -0.2) is 9.78 Å². The lowest BCUT2D eigenvalue weighted by Crippen LogP contribution is -2.42. The highest BCUT2D eigenvalue weighted by molar-refractivity contribution is 6.29. The predicted octanol–water partition coefficient (Wildman–Crippen LogP) is 4.80. The fourth-order valence-electron chi connectivity index (χ4n) is 4.57. The molecule has 0 saturated carbocycles. The van der Waals surface area contributed by atoms with Crippen LogP contribution in [0, 0.1) is 6.92 Å². The summed E-state index contributed by atoms with van der Waals surface area (Å²) in [6, 6.07) is 24.4. The minimum Gasteiger partial charge on any atom is -0.477 e. The number of hydrogen-bond donors (Lipinski definition) is 1. The summed E-state index contributed by atoms with van der Waals surface area (Å²) in [4.78, 5) is 25.3. The van der Waals surface area contributed by atoms with E-state index in [2.05, 4.69) is 10.1 Å². The van der Waals surface area contributed by atoms with Crippen molar-refractivity contribution in [2.75, 3.05) is 14.1 Å². The van der Waals surface area contributed by atoms with Crippen LogP contribution in [0.2, 0.25) is 5.15 Å². The van der Waals surface area contributed by atoms with Crippen molar-refractivity contribution < 1.29 is 14.5 Å². The second-order valence-corrected chi connectivity index (χ2v) is 10.00. The molecule has 0 amide bonds. The first kappa shape index (κ1) is 26.9. The molecule has 1 N–H and O–H groups in total. The number of aromatic nitrogens is 3. The second-order valence-electron chi connectivity index (χ2n) is 9.61. The van der Waals surface area contributed by atoms with E-state index in [1.54, 1.807) is 39.6 Å². The molecule has 0 saturated heterocycles. The van der Waals surface area contributed by atoms with Gasteiger partial charge < -0.3 is 14.8 Å². The number of hydrogen-bond acceptors (Lipinski definition) is 5. The molecule has 0 bridgehead atoms. The van der Waals surface area contributed by atoms with Gasteiger partial charge in [0.1, 0.15) is 18.3 Å². The van der Waals surface area contributed by atoms with Gasteiger partial charge in [-0.3, -0.25) is 0 Å². The topological polar surface area (TPSA) is 83.3 Å². The number of aryl methyl sites for hydroxylation is 1. The van der Waals surface area contributed by atoms with Crippen molar-refractivity contribution in [2.45, 2.75) is 20.1 Å². The first-order valence-electron chi connectivity index (χ1n) is 12.7. The van der Waals surface area contributed by atoms with E-state index in [4.69, 9.17) is 16.4 Å². The zero-order chi connectivity index (χ0) is 28.2. The Labute approximate surface area is 237 Å². The number of fused-ring (bicyclic) bond motifs is 1. The molecule has 40 heavy (non-hydrogen) atoms. The molecule has 0 radical (unpaired) electrons. The van der Waals surface area contributed by atoms with E-state index in [9.17, 15) is 9.90 Å². The van der Waals surface area contributed by atoms with Crippen molar-refractivity contribution in [3.63, 3.8) is 0 Å². The highest BCUT2D eigenvalue weighted by Gasteiger charge is 2.26. The van der Waals surface area contributed by atoms with Crippen molar-refractivity contribution in [1.29, 1.82) is 0 Å². The molecule has 5 rings (SSSR count). The molecule has 0 aliphatic rings. The molecule has 5 aromatic rings. The number of aromatic hydroxyl groups is 1. The minimum absolute atomic E-state index is 0.130. The summed E-state index contributed by atoms with van der Waals surface area (Å²) >= 11 is 5.97. The number of amidine groups is 1. The Morgan fingerprint density at radius 3 is 2.45 bits per heavy atom. The van der Waals surface area contributed by atoms with E-state index >= 15 is 0 Å². The third kappa shape index (κ3) is 5.53. The van der Waals surface area contributed by atoms with Crippen molar-refractivity contribution in [2.24, 2.45) is 5.16 Å². The Morgan fingerprint density at radius 1 is 1.02 bits per heavy atom. The summed E-state index contributed by atoms with van der Waals surface area (Å²) in [5.74, 6) is 0.498. The van der Waals surface area contributed by atoms with E-state index in [1.165, 1.54) is 0 Å². The fourth-order valence-corrected chi connectivity index (χ4v) is 4.68. The van der Waals surface area contributed by atoms with Crippen LogP contribution in [0.5, 0.6) is 5.88 Å². The van der Waals surface area contributed by atoms with Crippen LogP contribution in [0.1, 0.15) is 22.3 Å². The van der Waals surface area contributed by atoms with Crippen LogP contribution in [0.3, 0.4) is 0 Å². The van der Waals surface area contributed by atoms with Gasteiger partial charge in [-0.15, -0.1) is 0 Å². The van der Waals surface area contributed by atoms with Crippen molar-refractivity contribution >= 4 is 23.1 Å². The summed E-state index contributed by atoms with van der Waals surface area (Å²) in [5.41, 5.74) is 4.55.